The SMILES string of the molecule is COCCOC(=O)C1CCC(C(=O)OCCN(c2ccccc2)c2cccc3ccccc23)CC1.COCCOC(=O)C1CCCCC1C(=O)OCCN(c1ccccc1)c1cccc2ccccc12.COCCOC(=O)CCC(=O)OCCN(c1ccccc1)c1cccc2ccccc12. The van der Waals surface area contributed by atoms with Gasteiger partial charge in [-0.3, -0.25) is 28.8 Å². The van der Waals surface area contributed by atoms with E-state index >= 15 is 0 Å². The topological polar surface area (TPSA) is 195 Å². The van der Waals surface area contributed by atoms with Crippen molar-refractivity contribution in [2.24, 2.45) is 23.7 Å². The summed E-state index contributed by atoms with van der Waals surface area (Å²) in [4.78, 5) is 80.7. The number of anilines is 6. The molecule has 0 N–H and O–H groups in total. The van der Waals surface area contributed by atoms with Crippen LogP contribution in [0.3, 0.4) is 0 Å². The van der Waals surface area contributed by atoms with Crippen molar-refractivity contribution in [2.45, 2.75) is 64.2 Å². The minimum absolute atomic E-state index is 0.00568. The molecule has 101 heavy (non-hydrogen) atoms. The summed E-state index contributed by atoms with van der Waals surface area (Å²) in [6, 6.07) is 73.6. The number of nitrogens with zero attached hydrogens (tertiary/aromatic N) is 3. The molecule has 2 aliphatic carbocycles. The molecule has 0 radical (unpaired) electrons. The van der Waals surface area contributed by atoms with Crippen LogP contribution < -0.4 is 14.7 Å². The van der Waals surface area contributed by atoms with Gasteiger partial charge in [-0.1, -0.05) is 177 Å². The van der Waals surface area contributed by atoms with Gasteiger partial charge in [0.1, 0.15) is 39.6 Å². The molecule has 18 nitrogen and oxygen atoms in total. The van der Waals surface area contributed by atoms with Crippen LogP contribution in [0.2, 0.25) is 0 Å². The van der Waals surface area contributed by atoms with E-state index in [9.17, 15) is 28.8 Å². The predicted octanol–water partition coefficient (Wildman–Crippen LogP) is 15.5. The second-order valence-electron chi connectivity index (χ2n) is 24.6. The summed E-state index contributed by atoms with van der Waals surface area (Å²) in [5, 5.41) is 6.88. The van der Waals surface area contributed by atoms with Crippen molar-refractivity contribution < 1.29 is 71.4 Å². The minimum atomic E-state index is -0.457. The monoisotopic (exact) mass is 1370 g/mol. The average molecular weight is 1370 g/mol. The third kappa shape index (κ3) is 22.4. The van der Waals surface area contributed by atoms with Crippen molar-refractivity contribution in [3.8, 4) is 0 Å². The second-order valence-corrected chi connectivity index (χ2v) is 24.6. The molecule has 2 saturated carbocycles. The van der Waals surface area contributed by atoms with Crippen LogP contribution in [0.5, 0.6) is 0 Å². The minimum Gasteiger partial charge on any atom is -0.464 e. The molecule has 2 atom stereocenters. The van der Waals surface area contributed by atoms with E-state index in [1.807, 2.05) is 115 Å². The largest absolute Gasteiger partial charge is 0.464 e. The highest BCUT2D eigenvalue weighted by atomic mass is 16.6. The highest BCUT2D eigenvalue weighted by Gasteiger charge is 2.38. The highest BCUT2D eigenvalue weighted by molar-refractivity contribution is 5.98. The van der Waals surface area contributed by atoms with Crippen molar-refractivity contribution in [3.05, 3.63) is 218 Å². The van der Waals surface area contributed by atoms with Crippen molar-refractivity contribution in [1.82, 2.24) is 0 Å². The molecule has 0 aliphatic heterocycles. The first-order valence-corrected chi connectivity index (χ1v) is 34.9. The van der Waals surface area contributed by atoms with Crippen LogP contribution in [0.1, 0.15) is 64.2 Å². The van der Waals surface area contributed by atoms with Gasteiger partial charge in [-0.05, 0) is 109 Å². The van der Waals surface area contributed by atoms with Gasteiger partial charge in [-0.25, -0.2) is 0 Å². The number of rotatable bonds is 31. The molecule has 9 aromatic carbocycles. The maximum Gasteiger partial charge on any atom is 0.309 e. The first-order valence-electron chi connectivity index (χ1n) is 34.9. The van der Waals surface area contributed by atoms with Crippen LogP contribution in [-0.2, 0) is 71.4 Å². The van der Waals surface area contributed by atoms with Gasteiger partial charge in [0.2, 0.25) is 0 Å². The van der Waals surface area contributed by atoms with Gasteiger partial charge < -0.3 is 57.3 Å². The number of carbonyl (C=O) groups is 6. The number of benzene rings is 9. The number of hydrogen-bond acceptors (Lipinski definition) is 18. The lowest BCUT2D eigenvalue weighted by Crippen LogP contribution is -2.36. The number of fused-ring (bicyclic) bond motifs is 3. The highest BCUT2D eigenvalue weighted by Crippen LogP contribution is 2.37. The Bertz CT molecular complexity index is 4020. The quantitative estimate of drug-likeness (QED) is 0.0226. The molecule has 9 aromatic rings. The van der Waals surface area contributed by atoms with Gasteiger partial charge in [0.05, 0.1) is 76.0 Å². The Morgan fingerprint density at radius 1 is 0.297 bits per heavy atom. The predicted molar refractivity (Wildman–Crippen MR) is 394 cm³/mol. The van der Waals surface area contributed by atoms with E-state index in [-0.39, 0.29) is 88.2 Å². The zero-order valence-corrected chi connectivity index (χ0v) is 58.1. The summed E-state index contributed by atoms with van der Waals surface area (Å²) in [5.41, 5.74) is 6.27. The molecule has 0 saturated heterocycles. The van der Waals surface area contributed by atoms with E-state index in [1.54, 1.807) is 14.2 Å². The molecule has 0 bridgehead atoms. The standard InChI is InChI=1S/2C29H33NO5.C25H27NO5/c1-33-20-21-35-29(32)26-16-8-7-15-25(26)28(31)34-19-18-30(23-12-3-2-4-13-23)27-17-9-11-22-10-5-6-14-24(22)27;1-33-20-21-35-29(32)24-16-14-23(15-17-24)28(31)34-19-18-30(25-10-3-2-4-11-25)27-13-7-9-22-8-5-6-12-26(22)27;1-29-18-19-31-25(28)15-14-24(27)30-17-16-26(21-10-3-2-4-11-21)23-13-7-9-20-8-5-6-12-22(20)23/h2-6,9-14,17,25-26H,7-8,15-16,18-21H2,1H3;2-13,23-24H,14-21H2,1H3;2-13H,14-19H2,1H3. The third-order valence-corrected chi connectivity index (χ3v) is 18.0. The molecule has 0 aromatic heterocycles. The van der Waals surface area contributed by atoms with Gasteiger partial charge in [0.15, 0.2) is 0 Å². The maximum atomic E-state index is 13.0. The van der Waals surface area contributed by atoms with E-state index in [0.717, 1.165) is 73.9 Å². The van der Waals surface area contributed by atoms with Gasteiger partial charge >= 0.3 is 35.8 Å². The second kappa shape index (κ2) is 40.8. The fourth-order valence-corrected chi connectivity index (χ4v) is 12.8. The summed E-state index contributed by atoms with van der Waals surface area (Å²) in [7, 11) is 4.67. The Labute approximate surface area is 592 Å². The maximum absolute atomic E-state index is 13.0. The fourth-order valence-electron chi connectivity index (χ4n) is 12.8. The van der Waals surface area contributed by atoms with E-state index in [4.69, 9.17) is 42.6 Å². The van der Waals surface area contributed by atoms with Gasteiger partial charge in [-0.2, -0.15) is 0 Å². The summed E-state index contributed by atoms with van der Waals surface area (Å²) >= 11 is 0. The molecule has 2 fully saturated rings. The first-order chi connectivity index (χ1) is 49.5. The zero-order chi connectivity index (χ0) is 70.8. The molecule has 0 amide bonds. The van der Waals surface area contributed by atoms with Gasteiger partial charge in [-0.15, -0.1) is 0 Å². The summed E-state index contributed by atoms with van der Waals surface area (Å²) in [5.74, 6) is -3.08. The molecule has 18 heteroatoms. The first kappa shape index (κ1) is 75.1. The van der Waals surface area contributed by atoms with Crippen LogP contribution in [0.15, 0.2) is 218 Å². The smallest absolute Gasteiger partial charge is 0.309 e. The number of hydrogen-bond donors (Lipinski definition) is 0. The zero-order valence-electron chi connectivity index (χ0n) is 58.1. The molecular formula is C83H93N3O15. The molecule has 2 aliphatic rings. The number of esters is 6. The lowest BCUT2D eigenvalue weighted by Gasteiger charge is -2.29. The molecular weight excluding hydrogens is 1280 g/mol. The van der Waals surface area contributed by atoms with Crippen LogP contribution in [0.25, 0.3) is 32.3 Å². The van der Waals surface area contributed by atoms with E-state index in [1.165, 1.54) is 12.5 Å². The molecule has 2 unspecified atom stereocenters. The number of carbonyl (C=O) groups excluding carboxylic acids is 6. The van der Waals surface area contributed by atoms with Crippen molar-refractivity contribution in [1.29, 1.82) is 0 Å². The van der Waals surface area contributed by atoms with Crippen LogP contribution >= 0.6 is 0 Å². The number of ether oxygens (including phenoxy) is 9. The van der Waals surface area contributed by atoms with Crippen molar-refractivity contribution >= 4 is 102 Å². The van der Waals surface area contributed by atoms with E-state index in [2.05, 4.69) is 118 Å². The van der Waals surface area contributed by atoms with Crippen molar-refractivity contribution in [2.75, 3.05) is 115 Å². The Balaban J connectivity index is 0.000000177. The Morgan fingerprint density at radius 3 is 0.931 bits per heavy atom. The molecule has 11 rings (SSSR count). The van der Waals surface area contributed by atoms with E-state index < -0.39 is 23.8 Å². The summed E-state index contributed by atoms with van der Waals surface area (Å²) in [6.45, 7) is 3.97. The Hall–Kier alpha value is -10.1. The molecule has 530 valence electrons. The Kier molecular flexibility index (Phi) is 30.3. The van der Waals surface area contributed by atoms with Crippen molar-refractivity contribution in [3.63, 3.8) is 0 Å². The molecule has 0 heterocycles. The molecule has 0 spiro atoms. The van der Waals surface area contributed by atoms with Gasteiger partial charge in [0, 0.05) is 71.6 Å². The number of methoxy groups -OCH3 is 3. The van der Waals surface area contributed by atoms with Crippen LogP contribution in [0.4, 0.5) is 34.1 Å². The average Bonchev–Trinajstić information content (AvgIpc) is 0.813. The lowest BCUT2D eigenvalue weighted by atomic mass is 9.79. The summed E-state index contributed by atoms with van der Waals surface area (Å²) < 4.78 is 47.1. The Morgan fingerprint density at radius 2 is 0.574 bits per heavy atom. The summed E-state index contributed by atoms with van der Waals surface area (Å²) in [6.07, 6.45) is 5.70. The normalized spacial score (nSPS) is 15.5. The van der Waals surface area contributed by atoms with E-state index in [0.29, 0.717) is 78.0 Å². The third-order valence-electron chi connectivity index (χ3n) is 18.0. The lowest BCUT2D eigenvalue weighted by molar-refractivity contribution is -0.163. The van der Waals surface area contributed by atoms with Crippen LogP contribution in [-0.4, -0.2) is 136 Å². The number of para-hydroxylation sites is 3. The van der Waals surface area contributed by atoms with Crippen LogP contribution in [0, 0.1) is 23.7 Å². The van der Waals surface area contributed by atoms with Gasteiger partial charge in [0.25, 0.3) is 0 Å². The fraction of sp³-hybridized carbons (Fsp3) is 0.349.